The van der Waals surface area contributed by atoms with E-state index in [0.29, 0.717) is 22.2 Å². The Bertz CT molecular complexity index is 902. The summed E-state index contributed by atoms with van der Waals surface area (Å²) in [5.41, 5.74) is 3.20. The Kier molecular flexibility index (Phi) is 8.14. The van der Waals surface area contributed by atoms with Crippen molar-refractivity contribution >= 4 is 29.1 Å². The summed E-state index contributed by atoms with van der Waals surface area (Å²) in [5, 5.41) is 6.43. The Morgan fingerprint density at radius 2 is 1.68 bits per heavy atom. The van der Waals surface area contributed by atoms with E-state index in [2.05, 4.69) is 36.6 Å². The van der Waals surface area contributed by atoms with E-state index in [1.807, 2.05) is 19.1 Å². The fourth-order valence-corrected chi connectivity index (χ4v) is 4.25. The summed E-state index contributed by atoms with van der Waals surface area (Å²) in [7, 11) is 0. The Labute approximate surface area is 190 Å². The molecule has 0 spiro atoms. The minimum absolute atomic E-state index is 0.118. The quantitative estimate of drug-likeness (QED) is 0.527. The molecule has 1 unspecified atom stereocenters. The summed E-state index contributed by atoms with van der Waals surface area (Å²) < 4.78 is 0. The molecule has 31 heavy (non-hydrogen) atoms. The fraction of sp³-hybridized carbons (Fsp3) is 0.462. The molecule has 1 fully saturated rings. The molecule has 1 saturated carbocycles. The van der Waals surface area contributed by atoms with Crippen molar-refractivity contribution in [3.05, 3.63) is 64.2 Å². The minimum atomic E-state index is -0.330. The molecule has 2 aromatic rings. The Balaban J connectivity index is 1.66. The number of hydrogen-bond donors (Lipinski definition) is 2. The molecule has 3 rings (SSSR count). The zero-order valence-electron chi connectivity index (χ0n) is 18.7. The summed E-state index contributed by atoms with van der Waals surface area (Å²) in [6.45, 7) is 6.26. The van der Waals surface area contributed by atoms with Crippen molar-refractivity contribution in [3.63, 3.8) is 0 Å². The van der Waals surface area contributed by atoms with Crippen molar-refractivity contribution < 1.29 is 9.59 Å². The number of amides is 2. The lowest BCUT2D eigenvalue weighted by Gasteiger charge is -2.23. The molecule has 0 heterocycles. The molecule has 4 nitrogen and oxygen atoms in total. The standard InChI is InChI=1S/C26H33ClN2O2/c1-17(2)15-19-9-11-20(12-10-19)18(3)25(30)29-24-16-21(13-14-23(24)27)26(31)28-22-7-5-4-6-8-22/h9-14,16-18,22H,4-8,15H2,1-3H3,(H,28,31)(H,29,30). The van der Waals surface area contributed by atoms with E-state index in [9.17, 15) is 9.59 Å². The predicted octanol–water partition coefficient (Wildman–Crippen LogP) is 6.34. The molecule has 1 aliphatic carbocycles. The van der Waals surface area contributed by atoms with Crippen LogP contribution in [0, 0.1) is 5.92 Å². The van der Waals surface area contributed by atoms with Gasteiger partial charge in [-0.2, -0.15) is 0 Å². The first-order valence-corrected chi connectivity index (χ1v) is 11.7. The van der Waals surface area contributed by atoms with Gasteiger partial charge >= 0.3 is 0 Å². The average Bonchev–Trinajstić information content (AvgIpc) is 2.75. The van der Waals surface area contributed by atoms with Crippen molar-refractivity contribution in [1.82, 2.24) is 5.32 Å². The van der Waals surface area contributed by atoms with E-state index in [-0.39, 0.29) is 23.8 Å². The number of benzene rings is 2. The van der Waals surface area contributed by atoms with Crippen LogP contribution in [0.15, 0.2) is 42.5 Å². The second-order valence-corrected chi connectivity index (χ2v) is 9.46. The molecule has 0 aromatic heterocycles. The molecule has 0 aliphatic heterocycles. The van der Waals surface area contributed by atoms with Crippen LogP contribution in [0.2, 0.25) is 5.02 Å². The fourth-order valence-electron chi connectivity index (χ4n) is 4.08. The van der Waals surface area contributed by atoms with E-state index in [0.717, 1.165) is 37.7 Å². The summed E-state index contributed by atoms with van der Waals surface area (Å²) in [4.78, 5) is 25.5. The van der Waals surface area contributed by atoms with Crippen molar-refractivity contribution in [2.75, 3.05) is 5.32 Å². The van der Waals surface area contributed by atoms with Gasteiger partial charge in [0, 0.05) is 11.6 Å². The van der Waals surface area contributed by atoms with Gasteiger partial charge in [0.1, 0.15) is 0 Å². The molecule has 2 amide bonds. The van der Waals surface area contributed by atoms with E-state index >= 15 is 0 Å². The molecule has 0 saturated heterocycles. The van der Waals surface area contributed by atoms with Gasteiger partial charge in [-0.15, -0.1) is 0 Å². The van der Waals surface area contributed by atoms with Crippen LogP contribution in [0.4, 0.5) is 5.69 Å². The number of hydrogen-bond acceptors (Lipinski definition) is 2. The number of carbonyl (C=O) groups is 2. The molecule has 5 heteroatoms. The van der Waals surface area contributed by atoms with Crippen LogP contribution in [0.25, 0.3) is 0 Å². The third kappa shape index (κ3) is 6.57. The summed E-state index contributed by atoms with van der Waals surface area (Å²) >= 11 is 6.31. The topological polar surface area (TPSA) is 58.2 Å². The monoisotopic (exact) mass is 440 g/mol. The van der Waals surface area contributed by atoms with E-state index in [1.54, 1.807) is 18.2 Å². The van der Waals surface area contributed by atoms with E-state index in [4.69, 9.17) is 11.6 Å². The average molecular weight is 441 g/mol. The SMILES string of the molecule is CC(C)Cc1ccc(C(C)C(=O)Nc2cc(C(=O)NC3CCCCC3)ccc2Cl)cc1. The molecular weight excluding hydrogens is 408 g/mol. The molecule has 1 atom stereocenters. The molecular formula is C26H33ClN2O2. The van der Waals surface area contributed by atoms with Crippen LogP contribution in [0.3, 0.4) is 0 Å². The third-order valence-corrected chi connectivity index (χ3v) is 6.27. The van der Waals surface area contributed by atoms with Gasteiger partial charge in [-0.1, -0.05) is 69.0 Å². The van der Waals surface area contributed by atoms with E-state index in [1.165, 1.54) is 12.0 Å². The van der Waals surface area contributed by atoms with Crippen LogP contribution < -0.4 is 10.6 Å². The number of rotatable bonds is 7. The van der Waals surface area contributed by atoms with Gasteiger partial charge in [-0.25, -0.2) is 0 Å². The van der Waals surface area contributed by atoms with Gasteiger partial charge in [0.2, 0.25) is 5.91 Å². The first kappa shape index (κ1) is 23.3. The van der Waals surface area contributed by atoms with Crippen LogP contribution in [-0.2, 0) is 11.2 Å². The highest BCUT2D eigenvalue weighted by Crippen LogP contribution is 2.26. The number of nitrogens with one attached hydrogen (secondary N) is 2. The van der Waals surface area contributed by atoms with Crippen LogP contribution >= 0.6 is 11.6 Å². The predicted molar refractivity (Wildman–Crippen MR) is 128 cm³/mol. The van der Waals surface area contributed by atoms with Crippen LogP contribution in [0.1, 0.15) is 80.3 Å². The van der Waals surface area contributed by atoms with Crippen LogP contribution in [-0.4, -0.2) is 17.9 Å². The van der Waals surface area contributed by atoms with Gasteiger partial charge in [-0.3, -0.25) is 9.59 Å². The van der Waals surface area contributed by atoms with Crippen molar-refractivity contribution in [1.29, 1.82) is 0 Å². The minimum Gasteiger partial charge on any atom is -0.349 e. The number of anilines is 1. The maximum atomic E-state index is 12.9. The highest BCUT2D eigenvalue weighted by atomic mass is 35.5. The third-order valence-electron chi connectivity index (χ3n) is 5.94. The Morgan fingerprint density at radius 1 is 1.00 bits per heavy atom. The molecule has 0 radical (unpaired) electrons. The number of halogens is 1. The first-order chi connectivity index (χ1) is 14.8. The molecule has 2 aromatic carbocycles. The largest absolute Gasteiger partial charge is 0.349 e. The summed E-state index contributed by atoms with van der Waals surface area (Å²) in [6.07, 6.45) is 6.62. The Hall–Kier alpha value is -2.33. The lowest BCUT2D eigenvalue weighted by atomic mass is 9.95. The molecule has 166 valence electrons. The molecule has 0 bridgehead atoms. The highest BCUT2D eigenvalue weighted by Gasteiger charge is 2.20. The summed E-state index contributed by atoms with van der Waals surface area (Å²) in [5.74, 6) is -0.00334. The molecule has 2 N–H and O–H groups in total. The van der Waals surface area contributed by atoms with Crippen molar-refractivity contribution in [2.24, 2.45) is 5.92 Å². The number of carbonyl (C=O) groups excluding carboxylic acids is 2. The van der Waals surface area contributed by atoms with Crippen molar-refractivity contribution in [2.45, 2.75) is 71.3 Å². The zero-order chi connectivity index (χ0) is 22.4. The smallest absolute Gasteiger partial charge is 0.251 e. The van der Waals surface area contributed by atoms with Gasteiger partial charge < -0.3 is 10.6 Å². The van der Waals surface area contributed by atoms with Gasteiger partial charge in [-0.05, 0) is 61.4 Å². The highest BCUT2D eigenvalue weighted by molar-refractivity contribution is 6.34. The normalized spacial score (nSPS) is 15.5. The first-order valence-electron chi connectivity index (χ1n) is 11.3. The lowest BCUT2D eigenvalue weighted by molar-refractivity contribution is -0.117. The van der Waals surface area contributed by atoms with Gasteiger partial charge in [0.05, 0.1) is 16.6 Å². The maximum Gasteiger partial charge on any atom is 0.251 e. The summed E-state index contributed by atoms with van der Waals surface area (Å²) in [6, 6.07) is 13.5. The van der Waals surface area contributed by atoms with Gasteiger partial charge in [0.15, 0.2) is 0 Å². The molecule has 1 aliphatic rings. The maximum absolute atomic E-state index is 12.9. The second-order valence-electron chi connectivity index (χ2n) is 9.05. The van der Waals surface area contributed by atoms with Crippen LogP contribution in [0.5, 0.6) is 0 Å². The van der Waals surface area contributed by atoms with Gasteiger partial charge in [0.25, 0.3) is 5.91 Å². The second kappa shape index (κ2) is 10.8. The van der Waals surface area contributed by atoms with Crippen molar-refractivity contribution in [3.8, 4) is 0 Å². The van der Waals surface area contributed by atoms with E-state index < -0.39 is 0 Å². The zero-order valence-corrected chi connectivity index (χ0v) is 19.5. The lowest BCUT2D eigenvalue weighted by Crippen LogP contribution is -2.36. The Morgan fingerprint density at radius 3 is 2.32 bits per heavy atom.